The van der Waals surface area contributed by atoms with Crippen LogP contribution in [-0.4, -0.2) is 55.7 Å². The van der Waals surface area contributed by atoms with E-state index in [1.807, 2.05) is 4.90 Å². The van der Waals surface area contributed by atoms with Gasteiger partial charge in [0, 0.05) is 24.8 Å². The van der Waals surface area contributed by atoms with Crippen LogP contribution < -0.4 is 14.8 Å². The van der Waals surface area contributed by atoms with E-state index in [0.29, 0.717) is 36.7 Å². The van der Waals surface area contributed by atoms with E-state index in [1.54, 1.807) is 25.3 Å². The van der Waals surface area contributed by atoms with Crippen molar-refractivity contribution in [3.05, 3.63) is 18.2 Å². The quantitative estimate of drug-likeness (QED) is 0.815. The number of nitrogens with one attached hydrogen (secondary N) is 1. The maximum absolute atomic E-state index is 12.3. The molecule has 1 amide bonds. The fourth-order valence-corrected chi connectivity index (χ4v) is 4.18. The molecule has 1 aliphatic heterocycles. The molecule has 1 heterocycles. The van der Waals surface area contributed by atoms with E-state index in [-0.39, 0.29) is 18.4 Å². The van der Waals surface area contributed by atoms with E-state index in [1.165, 1.54) is 7.11 Å². The summed E-state index contributed by atoms with van der Waals surface area (Å²) < 4.78 is 10.4. The largest absolute Gasteiger partial charge is 0.493 e. The molecule has 0 unspecified atom stereocenters. The molecule has 1 aromatic rings. The smallest absolute Gasteiger partial charge is 0.311 e. The van der Waals surface area contributed by atoms with Crippen molar-refractivity contribution in [3.8, 4) is 11.5 Å². The monoisotopic (exact) mass is 348 g/mol. The molecule has 25 heavy (non-hydrogen) atoms. The Morgan fingerprint density at radius 2 is 2.08 bits per heavy atom. The maximum atomic E-state index is 12.3. The molecule has 7 nitrogen and oxygen atoms in total. The number of carbonyl (C=O) groups is 2. The number of nitrogens with zero attached hydrogens (tertiary/aromatic N) is 1. The molecule has 2 fully saturated rings. The number of likely N-dealkylation sites (tertiary alicyclic amines) is 1. The summed E-state index contributed by atoms with van der Waals surface area (Å²) in [4.78, 5) is 26.0. The average molecular weight is 348 g/mol. The minimum Gasteiger partial charge on any atom is -0.493 e. The molecule has 2 aliphatic rings. The molecule has 0 radical (unpaired) electrons. The summed E-state index contributed by atoms with van der Waals surface area (Å²) >= 11 is 0. The highest BCUT2D eigenvalue weighted by molar-refractivity contribution is 5.92. The van der Waals surface area contributed by atoms with Crippen molar-refractivity contribution >= 4 is 17.6 Å². The third kappa shape index (κ3) is 3.28. The van der Waals surface area contributed by atoms with Crippen molar-refractivity contribution in [3.63, 3.8) is 0 Å². The number of amides is 1. The van der Waals surface area contributed by atoms with E-state index >= 15 is 0 Å². The molecule has 136 valence electrons. The number of ether oxygens (including phenoxy) is 2. The minimum absolute atomic E-state index is 0.152. The van der Waals surface area contributed by atoms with Crippen molar-refractivity contribution < 1.29 is 24.2 Å². The van der Waals surface area contributed by atoms with Crippen molar-refractivity contribution in [2.75, 3.05) is 39.2 Å². The zero-order chi connectivity index (χ0) is 18.0. The second-order valence-corrected chi connectivity index (χ2v) is 6.84. The molecule has 7 heteroatoms. The van der Waals surface area contributed by atoms with Crippen LogP contribution in [0.2, 0.25) is 0 Å². The highest BCUT2D eigenvalue weighted by Crippen LogP contribution is 2.48. The molecular weight excluding hydrogens is 324 g/mol. The third-order valence-corrected chi connectivity index (χ3v) is 5.40. The summed E-state index contributed by atoms with van der Waals surface area (Å²) in [6.07, 6.45) is 2.60. The first-order valence-corrected chi connectivity index (χ1v) is 8.46. The Balaban J connectivity index is 1.61. The van der Waals surface area contributed by atoms with Gasteiger partial charge in [-0.25, -0.2) is 0 Å². The standard InChI is InChI=1S/C18H24N2O5/c1-24-14-6-5-13(8-15(14)25-2)19-16(21)10-20-9-12-4-3-7-18(12,11-20)17(22)23/h5-6,8,12H,3-4,7,9-11H2,1-2H3,(H,19,21)(H,22,23)/t12-,18+/m0/s1. The van der Waals surface area contributed by atoms with Crippen LogP contribution in [0.3, 0.4) is 0 Å². The van der Waals surface area contributed by atoms with Crippen LogP contribution in [0.5, 0.6) is 11.5 Å². The number of carboxylic acid groups (broad SMARTS) is 1. The molecule has 1 aromatic carbocycles. The predicted octanol–water partition coefficient (Wildman–Crippen LogP) is 1.83. The van der Waals surface area contributed by atoms with Crippen LogP contribution in [0.25, 0.3) is 0 Å². The summed E-state index contributed by atoms with van der Waals surface area (Å²) in [5.74, 6) is 0.404. The predicted molar refractivity (Wildman–Crippen MR) is 92.0 cm³/mol. The van der Waals surface area contributed by atoms with Gasteiger partial charge in [-0.2, -0.15) is 0 Å². The number of carboxylic acids is 1. The fraction of sp³-hybridized carbons (Fsp3) is 0.556. The van der Waals surface area contributed by atoms with Crippen LogP contribution in [0.1, 0.15) is 19.3 Å². The molecule has 0 bridgehead atoms. The highest BCUT2D eigenvalue weighted by atomic mass is 16.5. The molecule has 0 aromatic heterocycles. The van der Waals surface area contributed by atoms with Crippen molar-refractivity contribution in [2.24, 2.45) is 11.3 Å². The maximum Gasteiger partial charge on any atom is 0.311 e. The molecule has 1 saturated heterocycles. The lowest BCUT2D eigenvalue weighted by Gasteiger charge is -2.23. The number of aliphatic carboxylic acids is 1. The van der Waals surface area contributed by atoms with Gasteiger partial charge in [0.25, 0.3) is 0 Å². The first-order valence-electron chi connectivity index (χ1n) is 8.46. The Bertz CT molecular complexity index is 677. The van der Waals surface area contributed by atoms with Gasteiger partial charge in [-0.15, -0.1) is 0 Å². The van der Waals surface area contributed by atoms with Gasteiger partial charge in [0.15, 0.2) is 11.5 Å². The van der Waals surface area contributed by atoms with E-state index < -0.39 is 11.4 Å². The van der Waals surface area contributed by atoms with E-state index in [0.717, 1.165) is 12.8 Å². The van der Waals surface area contributed by atoms with Crippen LogP contribution in [0.15, 0.2) is 18.2 Å². The number of methoxy groups -OCH3 is 2. The fourth-order valence-electron chi connectivity index (χ4n) is 4.18. The number of hydrogen-bond donors (Lipinski definition) is 2. The van der Waals surface area contributed by atoms with Crippen molar-refractivity contribution in [1.29, 1.82) is 0 Å². The van der Waals surface area contributed by atoms with Crippen LogP contribution in [-0.2, 0) is 9.59 Å². The Morgan fingerprint density at radius 3 is 2.72 bits per heavy atom. The second kappa shape index (κ2) is 6.92. The van der Waals surface area contributed by atoms with E-state index in [2.05, 4.69) is 5.32 Å². The Kier molecular flexibility index (Phi) is 4.85. The molecular formula is C18H24N2O5. The van der Waals surface area contributed by atoms with Crippen LogP contribution in [0, 0.1) is 11.3 Å². The van der Waals surface area contributed by atoms with Gasteiger partial charge in [0.1, 0.15) is 0 Å². The number of carbonyl (C=O) groups excluding carboxylic acids is 1. The van der Waals surface area contributed by atoms with Gasteiger partial charge in [0.05, 0.1) is 26.2 Å². The van der Waals surface area contributed by atoms with Crippen molar-refractivity contribution in [2.45, 2.75) is 19.3 Å². The average Bonchev–Trinajstić information content (AvgIpc) is 3.12. The lowest BCUT2D eigenvalue weighted by atomic mass is 9.81. The molecule has 2 N–H and O–H groups in total. The zero-order valence-electron chi connectivity index (χ0n) is 14.6. The lowest BCUT2D eigenvalue weighted by molar-refractivity contribution is -0.149. The first-order chi connectivity index (χ1) is 12.0. The number of rotatable bonds is 6. The summed E-state index contributed by atoms with van der Waals surface area (Å²) in [6.45, 7) is 1.32. The van der Waals surface area contributed by atoms with Gasteiger partial charge in [-0.05, 0) is 30.9 Å². The molecule has 1 saturated carbocycles. The van der Waals surface area contributed by atoms with E-state index in [4.69, 9.17) is 9.47 Å². The van der Waals surface area contributed by atoms with Gasteiger partial charge < -0.3 is 19.9 Å². The summed E-state index contributed by atoms with van der Waals surface area (Å²) in [5.41, 5.74) is -0.0427. The third-order valence-electron chi connectivity index (χ3n) is 5.40. The van der Waals surface area contributed by atoms with Gasteiger partial charge >= 0.3 is 5.97 Å². The molecule has 2 atom stereocenters. The van der Waals surface area contributed by atoms with Crippen LogP contribution >= 0.6 is 0 Å². The number of fused-ring (bicyclic) bond motifs is 1. The molecule has 1 aliphatic carbocycles. The summed E-state index contributed by atoms with van der Waals surface area (Å²) in [5, 5.41) is 12.5. The number of hydrogen-bond acceptors (Lipinski definition) is 5. The molecule has 3 rings (SSSR count). The summed E-state index contributed by atoms with van der Waals surface area (Å²) in [6, 6.07) is 5.18. The van der Waals surface area contributed by atoms with Gasteiger partial charge in [0.2, 0.25) is 5.91 Å². The zero-order valence-corrected chi connectivity index (χ0v) is 14.6. The van der Waals surface area contributed by atoms with Gasteiger partial charge in [-0.3, -0.25) is 14.5 Å². The number of benzene rings is 1. The van der Waals surface area contributed by atoms with Crippen LogP contribution in [0.4, 0.5) is 5.69 Å². The Labute approximate surface area is 146 Å². The Morgan fingerprint density at radius 1 is 1.32 bits per heavy atom. The lowest BCUT2D eigenvalue weighted by Crippen LogP contribution is -2.37. The second-order valence-electron chi connectivity index (χ2n) is 6.84. The first kappa shape index (κ1) is 17.5. The highest BCUT2D eigenvalue weighted by Gasteiger charge is 2.54. The topological polar surface area (TPSA) is 88.1 Å². The SMILES string of the molecule is COc1ccc(NC(=O)CN2C[C@@H]3CCC[C@@]3(C(=O)O)C2)cc1OC. The summed E-state index contributed by atoms with van der Waals surface area (Å²) in [7, 11) is 3.09. The Hall–Kier alpha value is -2.28. The minimum atomic E-state index is -0.724. The normalized spacial score (nSPS) is 25.4. The van der Waals surface area contributed by atoms with E-state index in [9.17, 15) is 14.7 Å². The van der Waals surface area contributed by atoms with Gasteiger partial charge in [-0.1, -0.05) is 6.42 Å². The molecule has 0 spiro atoms. The number of anilines is 1. The van der Waals surface area contributed by atoms with Crippen molar-refractivity contribution in [1.82, 2.24) is 4.90 Å².